The van der Waals surface area contributed by atoms with Crippen molar-refractivity contribution >= 4 is 59.3 Å². The summed E-state index contributed by atoms with van der Waals surface area (Å²) in [6.45, 7) is 28.0. The predicted octanol–water partition coefficient (Wildman–Crippen LogP) is 18.9. The summed E-state index contributed by atoms with van der Waals surface area (Å²) < 4.78 is 2.57. The number of rotatable bonds is 6. The van der Waals surface area contributed by atoms with Gasteiger partial charge < -0.3 is 4.90 Å². The molecule has 2 heteroatoms. The SMILES string of the molecule is CC(C)(C)c1cc(-c2ccccc2N(c2ccccc2-c2cccc3cccc(-c4cc(C(C)(C)C)cc(C(C)(C)C)c4)c23)c2cccc3c2sc2ccccc23)cc(C(C)(C)C)c1. The van der Waals surface area contributed by atoms with Gasteiger partial charge in [-0.05, 0) is 101 Å². The highest BCUT2D eigenvalue weighted by Gasteiger charge is 2.28. The number of hydrogen-bond donors (Lipinski definition) is 0. The fourth-order valence-corrected chi connectivity index (χ4v) is 10.4. The molecule has 9 aromatic rings. The van der Waals surface area contributed by atoms with Gasteiger partial charge in [0.25, 0.3) is 0 Å². The van der Waals surface area contributed by atoms with Gasteiger partial charge in [-0.2, -0.15) is 0 Å². The number of para-hydroxylation sites is 2. The number of hydrogen-bond acceptors (Lipinski definition) is 2. The van der Waals surface area contributed by atoms with E-state index in [1.165, 1.54) is 92.3 Å². The van der Waals surface area contributed by atoms with Gasteiger partial charge in [-0.3, -0.25) is 0 Å². The molecule has 0 fully saturated rings. The first-order chi connectivity index (χ1) is 30.3. The van der Waals surface area contributed by atoms with Crippen LogP contribution in [0.3, 0.4) is 0 Å². The average molecular weight is 854 g/mol. The standard InChI is InChI=1S/C62H63NS/c1-59(2,3)43-34-41(35-44(38-43)60(4,5)6)47-24-13-16-30-53(47)63(55-32-21-29-52-50-26-15-18-33-56(50)64-58(52)55)54-31-17-14-25-49(54)51-28-20-23-40-22-19-27-48(57(40)51)42-36-45(61(7,8)9)39-46(37-42)62(10,11)12/h13-39H,1-12H3. The summed E-state index contributed by atoms with van der Waals surface area (Å²) >= 11 is 1.89. The van der Waals surface area contributed by atoms with Crippen LogP contribution in [0.25, 0.3) is 64.3 Å². The third-order valence-corrected chi connectivity index (χ3v) is 14.3. The Labute approximate surface area is 386 Å². The van der Waals surface area contributed by atoms with E-state index in [0.717, 1.165) is 11.4 Å². The maximum Gasteiger partial charge on any atom is 0.0640 e. The highest BCUT2D eigenvalue weighted by molar-refractivity contribution is 7.26. The molecule has 0 aliphatic heterocycles. The monoisotopic (exact) mass is 853 g/mol. The van der Waals surface area contributed by atoms with Crippen LogP contribution in [0.4, 0.5) is 17.1 Å². The summed E-state index contributed by atoms with van der Waals surface area (Å²) in [5, 5.41) is 5.08. The fourth-order valence-electron chi connectivity index (χ4n) is 9.21. The highest BCUT2D eigenvalue weighted by Crippen LogP contribution is 2.51. The Morgan fingerprint density at radius 1 is 0.344 bits per heavy atom. The normalized spacial score (nSPS) is 12.7. The Bertz CT molecular complexity index is 3130. The van der Waals surface area contributed by atoms with Gasteiger partial charge in [0.05, 0.1) is 21.8 Å². The molecule has 0 saturated carbocycles. The van der Waals surface area contributed by atoms with E-state index in [9.17, 15) is 0 Å². The molecule has 1 nitrogen and oxygen atoms in total. The second-order valence-corrected chi connectivity index (χ2v) is 23.0. The summed E-state index contributed by atoms with van der Waals surface area (Å²) in [7, 11) is 0. The first-order valence-corrected chi connectivity index (χ1v) is 23.8. The zero-order chi connectivity index (χ0) is 45.3. The molecule has 322 valence electrons. The number of thiophene rings is 1. The van der Waals surface area contributed by atoms with Crippen molar-refractivity contribution < 1.29 is 0 Å². The van der Waals surface area contributed by atoms with E-state index in [-0.39, 0.29) is 21.7 Å². The third-order valence-electron chi connectivity index (χ3n) is 13.1. The van der Waals surface area contributed by atoms with Crippen molar-refractivity contribution in [2.75, 3.05) is 4.90 Å². The summed E-state index contributed by atoms with van der Waals surface area (Å²) in [6, 6.07) is 62.2. The van der Waals surface area contributed by atoms with Gasteiger partial charge >= 0.3 is 0 Å². The van der Waals surface area contributed by atoms with E-state index >= 15 is 0 Å². The molecule has 1 heterocycles. The molecule has 0 aliphatic rings. The number of anilines is 3. The number of fused-ring (bicyclic) bond motifs is 4. The summed E-state index contributed by atoms with van der Waals surface area (Å²) in [6.07, 6.45) is 0. The van der Waals surface area contributed by atoms with E-state index in [0.29, 0.717) is 0 Å². The molecule has 0 unspecified atom stereocenters. The first-order valence-electron chi connectivity index (χ1n) is 23.0. The lowest BCUT2D eigenvalue weighted by molar-refractivity contribution is 0.568. The van der Waals surface area contributed by atoms with Crippen LogP contribution >= 0.6 is 11.3 Å². The lowest BCUT2D eigenvalue weighted by Gasteiger charge is -2.31. The molecule has 0 atom stereocenters. The van der Waals surface area contributed by atoms with Crippen molar-refractivity contribution in [1.82, 2.24) is 0 Å². The van der Waals surface area contributed by atoms with Crippen molar-refractivity contribution in [2.45, 2.75) is 105 Å². The van der Waals surface area contributed by atoms with Gasteiger partial charge in [-0.25, -0.2) is 0 Å². The van der Waals surface area contributed by atoms with Crippen LogP contribution < -0.4 is 4.90 Å². The first kappa shape index (κ1) is 43.3. The second kappa shape index (κ2) is 15.9. The van der Waals surface area contributed by atoms with Crippen LogP contribution in [-0.2, 0) is 21.7 Å². The van der Waals surface area contributed by atoms with Crippen molar-refractivity contribution in [3.8, 4) is 33.4 Å². The molecule has 0 bridgehead atoms. The minimum Gasteiger partial charge on any atom is -0.308 e. The van der Waals surface area contributed by atoms with Crippen molar-refractivity contribution in [3.05, 3.63) is 186 Å². The molecule has 1 aromatic heterocycles. The molecule has 0 N–H and O–H groups in total. The summed E-state index contributed by atoms with van der Waals surface area (Å²) in [5.74, 6) is 0. The van der Waals surface area contributed by atoms with Crippen LogP contribution in [0.1, 0.15) is 105 Å². The van der Waals surface area contributed by atoms with E-state index in [1.807, 2.05) is 11.3 Å². The van der Waals surface area contributed by atoms with Crippen molar-refractivity contribution in [1.29, 1.82) is 0 Å². The Morgan fingerprint density at radius 3 is 1.31 bits per heavy atom. The Balaban J connectivity index is 1.36. The van der Waals surface area contributed by atoms with Gasteiger partial charge in [0, 0.05) is 26.6 Å². The van der Waals surface area contributed by atoms with Gasteiger partial charge in [0.15, 0.2) is 0 Å². The van der Waals surface area contributed by atoms with Crippen molar-refractivity contribution in [2.24, 2.45) is 0 Å². The van der Waals surface area contributed by atoms with E-state index in [2.05, 4.69) is 252 Å². The predicted molar refractivity (Wildman–Crippen MR) is 283 cm³/mol. The minimum atomic E-state index is -0.0218. The largest absolute Gasteiger partial charge is 0.308 e. The molecular formula is C62H63NS. The lowest BCUT2D eigenvalue weighted by atomic mass is 9.78. The molecule has 0 amide bonds. The maximum absolute atomic E-state index is 2.57. The fraction of sp³-hybridized carbons (Fsp3) is 0.258. The maximum atomic E-state index is 2.57. The van der Waals surface area contributed by atoms with Crippen LogP contribution in [0.15, 0.2) is 164 Å². The van der Waals surface area contributed by atoms with Gasteiger partial charge in [-0.15, -0.1) is 11.3 Å². The Morgan fingerprint density at radius 2 is 0.750 bits per heavy atom. The highest BCUT2D eigenvalue weighted by atomic mass is 32.1. The molecule has 0 saturated heterocycles. The third kappa shape index (κ3) is 8.07. The van der Waals surface area contributed by atoms with Crippen LogP contribution in [-0.4, -0.2) is 0 Å². The topological polar surface area (TPSA) is 3.24 Å². The molecule has 9 rings (SSSR count). The van der Waals surface area contributed by atoms with Crippen LogP contribution in [0, 0.1) is 0 Å². The molecule has 0 radical (unpaired) electrons. The molecule has 0 spiro atoms. The zero-order valence-corrected chi connectivity index (χ0v) is 40.8. The van der Waals surface area contributed by atoms with Gasteiger partial charge in [0.2, 0.25) is 0 Å². The smallest absolute Gasteiger partial charge is 0.0640 e. The quantitative estimate of drug-likeness (QED) is 0.161. The molecule has 64 heavy (non-hydrogen) atoms. The average Bonchev–Trinajstić information content (AvgIpc) is 3.64. The Kier molecular flexibility index (Phi) is 10.8. The second-order valence-electron chi connectivity index (χ2n) is 21.9. The van der Waals surface area contributed by atoms with Crippen LogP contribution in [0.5, 0.6) is 0 Å². The zero-order valence-electron chi connectivity index (χ0n) is 39.9. The van der Waals surface area contributed by atoms with Crippen LogP contribution in [0.2, 0.25) is 0 Å². The Hall–Kier alpha value is -5.96. The molecule has 8 aromatic carbocycles. The van der Waals surface area contributed by atoms with Gasteiger partial charge in [0.1, 0.15) is 0 Å². The summed E-state index contributed by atoms with van der Waals surface area (Å²) in [4.78, 5) is 2.57. The van der Waals surface area contributed by atoms with E-state index in [4.69, 9.17) is 0 Å². The van der Waals surface area contributed by atoms with E-state index < -0.39 is 0 Å². The van der Waals surface area contributed by atoms with Gasteiger partial charge in [-0.1, -0.05) is 223 Å². The number of benzene rings is 8. The minimum absolute atomic E-state index is 0.00241. The molecular weight excluding hydrogens is 791 g/mol. The van der Waals surface area contributed by atoms with Crippen molar-refractivity contribution in [3.63, 3.8) is 0 Å². The van der Waals surface area contributed by atoms with E-state index in [1.54, 1.807) is 0 Å². The lowest BCUT2D eigenvalue weighted by Crippen LogP contribution is -2.17. The summed E-state index contributed by atoms with van der Waals surface area (Å²) in [5.41, 5.74) is 16.2. The number of nitrogens with zero attached hydrogens (tertiary/aromatic N) is 1. The molecule has 0 aliphatic carbocycles.